The van der Waals surface area contributed by atoms with Gasteiger partial charge in [-0.05, 0) is 12.8 Å². The van der Waals surface area contributed by atoms with Crippen molar-refractivity contribution in [3.8, 4) is 0 Å². The minimum Gasteiger partial charge on any atom is -0.463 e. The first-order valence-corrected chi connectivity index (χ1v) is 12.3. The van der Waals surface area contributed by atoms with Crippen LogP contribution >= 0.6 is 0 Å². The van der Waals surface area contributed by atoms with Gasteiger partial charge in [-0.1, -0.05) is 52.4 Å². The normalized spacial score (nSPS) is 10.9. The highest BCUT2D eigenvalue weighted by Gasteiger charge is 2.03. The lowest BCUT2D eigenvalue weighted by atomic mass is 10.1. The molecule has 190 valence electrons. The molecular formula is C24H46O8. The van der Waals surface area contributed by atoms with Gasteiger partial charge in [0.2, 0.25) is 0 Å². The molecule has 0 spiro atoms. The molecule has 0 saturated carbocycles. The summed E-state index contributed by atoms with van der Waals surface area (Å²) in [5.74, 6) is -0.306. The minimum atomic E-state index is -0.159. The Morgan fingerprint density at radius 3 is 1.16 bits per heavy atom. The maximum atomic E-state index is 11.5. The smallest absolute Gasteiger partial charge is 0.305 e. The van der Waals surface area contributed by atoms with Crippen LogP contribution < -0.4 is 0 Å². The summed E-state index contributed by atoms with van der Waals surface area (Å²) in [5, 5.41) is 0. The monoisotopic (exact) mass is 462 g/mol. The van der Waals surface area contributed by atoms with Crippen molar-refractivity contribution in [2.24, 2.45) is 0 Å². The second-order valence-electron chi connectivity index (χ2n) is 7.51. The molecule has 0 bridgehead atoms. The van der Waals surface area contributed by atoms with E-state index in [0.717, 1.165) is 32.1 Å². The Morgan fingerprint density at radius 2 is 0.750 bits per heavy atom. The Morgan fingerprint density at radius 1 is 0.438 bits per heavy atom. The molecule has 8 nitrogen and oxygen atoms in total. The quantitative estimate of drug-likeness (QED) is 0.148. The Balaban J connectivity index is 3.16. The standard InChI is InChI=1S/C24H46O8/c1-3-5-7-8-10-12-24(26)32-22-20-30-18-16-28-14-13-27-15-17-29-19-21-31-23(25)11-9-6-4-2/h3-22H2,1-2H3. The van der Waals surface area contributed by atoms with E-state index in [1.807, 2.05) is 0 Å². The van der Waals surface area contributed by atoms with E-state index in [2.05, 4.69) is 13.8 Å². The Hall–Kier alpha value is -1.22. The minimum absolute atomic E-state index is 0.147. The van der Waals surface area contributed by atoms with Gasteiger partial charge in [-0.15, -0.1) is 0 Å². The maximum absolute atomic E-state index is 11.5. The van der Waals surface area contributed by atoms with Crippen LogP contribution in [0.1, 0.15) is 78.1 Å². The summed E-state index contributed by atoms with van der Waals surface area (Å²) in [6.07, 6.45) is 9.60. The molecule has 0 unspecified atom stereocenters. The fourth-order valence-corrected chi connectivity index (χ4v) is 2.73. The predicted molar refractivity (Wildman–Crippen MR) is 123 cm³/mol. The second-order valence-corrected chi connectivity index (χ2v) is 7.51. The number of esters is 2. The number of hydrogen-bond acceptors (Lipinski definition) is 8. The number of unbranched alkanes of at least 4 members (excludes halogenated alkanes) is 6. The molecule has 0 fully saturated rings. The van der Waals surface area contributed by atoms with E-state index >= 15 is 0 Å². The van der Waals surface area contributed by atoms with Crippen LogP contribution in [0.15, 0.2) is 0 Å². The number of hydrogen-bond donors (Lipinski definition) is 0. The third kappa shape index (κ3) is 25.0. The molecule has 0 amide bonds. The van der Waals surface area contributed by atoms with E-state index in [9.17, 15) is 9.59 Å². The molecule has 0 atom stereocenters. The zero-order valence-electron chi connectivity index (χ0n) is 20.4. The SMILES string of the molecule is CCCCCCCC(=O)OCCOCCOCCOCCOCCOC(=O)CCCCC. The van der Waals surface area contributed by atoms with Crippen LogP contribution in [0.2, 0.25) is 0 Å². The van der Waals surface area contributed by atoms with Crippen LogP contribution in [0.4, 0.5) is 0 Å². The predicted octanol–water partition coefficient (Wildman–Crippen LogP) is 4.08. The molecule has 0 rings (SSSR count). The van der Waals surface area contributed by atoms with E-state index in [0.29, 0.717) is 65.7 Å². The molecule has 0 aromatic heterocycles. The molecule has 0 saturated heterocycles. The zero-order valence-corrected chi connectivity index (χ0v) is 20.4. The molecule has 0 radical (unpaired) electrons. The van der Waals surface area contributed by atoms with Gasteiger partial charge in [0, 0.05) is 12.8 Å². The van der Waals surface area contributed by atoms with Crippen LogP contribution in [-0.2, 0) is 38.0 Å². The van der Waals surface area contributed by atoms with Gasteiger partial charge in [-0.3, -0.25) is 9.59 Å². The van der Waals surface area contributed by atoms with Crippen molar-refractivity contribution in [3.63, 3.8) is 0 Å². The first-order chi connectivity index (χ1) is 15.7. The van der Waals surface area contributed by atoms with Crippen molar-refractivity contribution in [1.82, 2.24) is 0 Å². The number of carbonyl (C=O) groups excluding carboxylic acids is 2. The molecular weight excluding hydrogens is 416 g/mol. The molecule has 0 aromatic carbocycles. The lowest BCUT2D eigenvalue weighted by Gasteiger charge is -2.08. The van der Waals surface area contributed by atoms with Crippen molar-refractivity contribution in [3.05, 3.63) is 0 Å². The fraction of sp³-hybridized carbons (Fsp3) is 0.917. The molecule has 0 aromatic rings. The first-order valence-electron chi connectivity index (χ1n) is 12.3. The van der Waals surface area contributed by atoms with Crippen LogP contribution in [0.25, 0.3) is 0 Å². The van der Waals surface area contributed by atoms with Crippen molar-refractivity contribution in [2.75, 3.05) is 66.1 Å². The van der Waals surface area contributed by atoms with Gasteiger partial charge < -0.3 is 28.4 Å². The van der Waals surface area contributed by atoms with Gasteiger partial charge in [0.05, 0.1) is 52.9 Å². The van der Waals surface area contributed by atoms with Crippen molar-refractivity contribution >= 4 is 11.9 Å². The van der Waals surface area contributed by atoms with Gasteiger partial charge in [-0.2, -0.15) is 0 Å². The summed E-state index contributed by atoms with van der Waals surface area (Å²) < 4.78 is 31.7. The summed E-state index contributed by atoms with van der Waals surface area (Å²) in [5.41, 5.74) is 0. The van der Waals surface area contributed by atoms with Gasteiger partial charge in [0.1, 0.15) is 13.2 Å². The Bertz CT molecular complexity index is 417. The van der Waals surface area contributed by atoms with E-state index < -0.39 is 0 Å². The van der Waals surface area contributed by atoms with Crippen molar-refractivity contribution in [2.45, 2.75) is 78.1 Å². The van der Waals surface area contributed by atoms with Gasteiger partial charge in [-0.25, -0.2) is 0 Å². The lowest BCUT2D eigenvalue weighted by Crippen LogP contribution is -2.15. The topological polar surface area (TPSA) is 89.5 Å². The molecule has 0 aliphatic heterocycles. The van der Waals surface area contributed by atoms with Crippen molar-refractivity contribution < 1.29 is 38.0 Å². The Labute approximate surface area is 194 Å². The molecule has 0 N–H and O–H groups in total. The van der Waals surface area contributed by atoms with Gasteiger partial charge >= 0.3 is 11.9 Å². The lowest BCUT2D eigenvalue weighted by molar-refractivity contribution is -0.146. The molecule has 0 aliphatic rings. The van der Waals surface area contributed by atoms with E-state index in [4.69, 9.17) is 28.4 Å². The number of ether oxygens (including phenoxy) is 6. The summed E-state index contributed by atoms with van der Waals surface area (Å²) in [4.78, 5) is 22.9. The third-order valence-electron chi connectivity index (χ3n) is 4.57. The largest absolute Gasteiger partial charge is 0.463 e. The van der Waals surface area contributed by atoms with Crippen LogP contribution in [0.5, 0.6) is 0 Å². The molecule has 32 heavy (non-hydrogen) atoms. The summed E-state index contributed by atoms with van der Waals surface area (Å²) >= 11 is 0. The summed E-state index contributed by atoms with van der Waals surface area (Å²) in [7, 11) is 0. The van der Waals surface area contributed by atoms with Crippen molar-refractivity contribution in [1.29, 1.82) is 0 Å². The summed E-state index contributed by atoms with van der Waals surface area (Å²) in [6.45, 7) is 8.40. The third-order valence-corrected chi connectivity index (χ3v) is 4.57. The molecule has 8 heteroatoms. The van der Waals surface area contributed by atoms with E-state index in [1.54, 1.807) is 0 Å². The number of rotatable bonds is 25. The number of carbonyl (C=O) groups is 2. The second kappa shape index (κ2) is 26.0. The first kappa shape index (κ1) is 30.8. The van der Waals surface area contributed by atoms with E-state index in [-0.39, 0.29) is 25.2 Å². The highest BCUT2D eigenvalue weighted by molar-refractivity contribution is 5.69. The fourth-order valence-electron chi connectivity index (χ4n) is 2.73. The van der Waals surface area contributed by atoms with Gasteiger partial charge in [0.15, 0.2) is 0 Å². The average molecular weight is 463 g/mol. The Kier molecular flexibility index (Phi) is 25.0. The van der Waals surface area contributed by atoms with Crippen LogP contribution in [-0.4, -0.2) is 78.0 Å². The van der Waals surface area contributed by atoms with Crippen LogP contribution in [0.3, 0.4) is 0 Å². The van der Waals surface area contributed by atoms with Crippen LogP contribution in [0, 0.1) is 0 Å². The van der Waals surface area contributed by atoms with Gasteiger partial charge in [0.25, 0.3) is 0 Å². The molecule has 0 heterocycles. The van der Waals surface area contributed by atoms with E-state index in [1.165, 1.54) is 19.3 Å². The zero-order chi connectivity index (χ0) is 23.5. The highest BCUT2D eigenvalue weighted by atomic mass is 16.6. The average Bonchev–Trinajstić information content (AvgIpc) is 2.78. The highest BCUT2D eigenvalue weighted by Crippen LogP contribution is 2.05. The maximum Gasteiger partial charge on any atom is 0.305 e. The molecule has 0 aliphatic carbocycles. The summed E-state index contributed by atoms with van der Waals surface area (Å²) in [6, 6.07) is 0.